The first-order valence-electron chi connectivity index (χ1n) is 14.3. The molecule has 3 rings (SSSR count). The number of aryl methyl sites for hydroxylation is 1. The minimum Gasteiger partial charge on any atom is -0.497 e. The van der Waals surface area contributed by atoms with Gasteiger partial charge in [0.25, 0.3) is 10.0 Å². The van der Waals surface area contributed by atoms with Crippen LogP contribution < -0.4 is 19.1 Å². The predicted molar refractivity (Wildman–Crippen MR) is 174 cm³/mol. The van der Waals surface area contributed by atoms with Crippen molar-refractivity contribution in [2.24, 2.45) is 0 Å². The number of anilines is 1. The number of ether oxygens (including phenoxy) is 2. The van der Waals surface area contributed by atoms with Gasteiger partial charge in [0.05, 0.1) is 34.8 Å². The standard InChI is InChI=1S/C32H39Cl2N3O6S/c1-6-8-17-35-32(39)28(7-2)36(20-23-11-15-26(33)27(34)18-23)31(38)21-37(29-19-24(42-4)12-16-30(29)43-5)44(40,41)25-13-9-22(3)10-14-25/h9-16,18-19,28H,6-8,17,20-21H2,1-5H3,(H,35,39)/t28-/m0/s1. The monoisotopic (exact) mass is 663 g/mol. The number of hydrogen-bond donors (Lipinski definition) is 1. The minimum atomic E-state index is -4.30. The van der Waals surface area contributed by atoms with E-state index in [0.717, 1.165) is 22.7 Å². The van der Waals surface area contributed by atoms with Crippen molar-refractivity contribution in [3.8, 4) is 11.5 Å². The fourth-order valence-electron chi connectivity index (χ4n) is 4.60. The lowest BCUT2D eigenvalue weighted by Gasteiger charge is -2.33. The third-order valence-electron chi connectivity index (χ3n) is 7.09. The van der Waals surface area contributed by atoms with E-state index in [0.29, 0.717) is 27.9 Å². The van der Waals surface area contributed by atoms with Crippen LogP contribution in [-0.2, 0) is 26.2 Å². The number of rotatable bonds is 15. The number of nitrogens with zero attached hydrogens (tertiary/aromatic N) is 2. The van der Waals surface area contributed by atoms with Gasteiger partial charge in [-0.2, -0.15) is 0 Å². The molecule has 238 valence electrons. The van der Waals surface area contributed by atoms with Crippen molar-refractivity contribution in [2.45, 2.75) is 57.5 Å². The summed E-state index contributed by atoms with van der Waals surface area (Å²) in [7, 11) is -1.43. The Morgan fingerprint density at radius 3 is 2.23 bits per heavy atom. The number of nitrogens with one attached hydrogen (secondary N) is 1. The maximum Gasteiger partial charge on any atom is 0.264 e. The maximum atomic E-state index is 14.3. The van der Waals surface area contributed by atoms with Gasteiger partial charge in [-0.1, -0.05) is 67.2 Å². The quantitative estimate of drug-likeness (QED) is 0.193. The Balaban J connectivity index is 2.14. The lowest BCUT2D eigenvalue weighted by Crippen LogP contribution is -2.52. The van der Waals surface area contributed by atoms with Gasteiger partial charge < -0.3 is 19.7 Å². The van der Waals surface area contributed by atoms with Crippen LogP contribution in [0.15, 0.2) is 65.6 Å². The van der Waals surface area contributed by atoms with E-state index >= 15 is 0 Å². The van der Waals surface area contributed by atoms with Crippen molar-refractivity contribution in [3.63, 3.8) is 0 Å². The van der Waals surface area contributed by atoms with Gasteiger partial charge in [-0.25, -0.2) is 8.42 Å². The van der Waals surface area contributed by atoms with Crippen LogP contribution in [0.3, 0.4) is 0 Å². The molecule has 0 fully saturated rings. The van der Waals surface area contributed by atoms with Gasteiger partial charge in [-0.15, -0.1) is 0 Å². The summed E-state index contributed by atoms with van der Waals surface area (Å²) in [4.78, 5) is 29.1. The third kappa shape index (κ3) is 8.58. The average Bonchev–Trinajstić information content (AvgIpc) is 3.01. The molecule has 12 heteroatoms. The summed E-state index contributed by atoms with van der Waals surface area (Å²) in [5.74, 6) is -0.350. The lowest BCUT2D eigenvalue weighted by atomic mass is 10.1. The van der Waals surface area contributed by atoms with Gasteiger partial charge in [0, 0.05) is 19.2 Å². The molecule has 1 N–H and O–H groups in total. The number of hydrogen-bond acceptors (Lipinski definition) is 6. The molecule has 0 radical (unpaired) electrons. The molecule has 0 saturated carbocycles. The Hall–Kier alpha value is -3.47. The van der Waals surface area contributed by atoms with E-state index in [1.54, 1.807) is 49.4 Å². The van der Waals surface area contributed by atoms with E-state index in [9.17, 15) is 18.0 Å². The molecule has 3 aromatic carbocycles. The summed E-state index contributed by atoms with van der Waals surface area (Å²) in [6.07, 6.45) is 1.95. The maximum absolute atomic E-state index is 14.3. The largest absolute Gasteiger partial charge is 0.497 e. The summed E-state index contributed by atoms with van der Waals surface area (Å²) in [5, 5.41) is 3.55. The SMILES string of the molecule is CCCCNC(=O)[C@H](CC)N(Cc1ccc(Cl)c(Cl)c1)C(=O)CN(c1cc(OC)ccc1OC)S(=O)(=O)c1ccc(C)cc1. The molecule has 0 aromatic heterocycles. The first-order valence-corrected chi connectivity index (χ1v) is 16.5. The van der Waals surface area contributed by atoms with Gasteiger partial charge in [-0.3, -0.25) is 13.9 Å². The molecule has 9 nitrogen and oxygen atoms in total. The van der Waals surface area contributed by atoms with Crippen LogP contribution in [0.2, 0.25) is 10.0 Å². The molecular weight excluding hydrogens is 625 g/mol. The number of methoxy groups -OCH3 is 2. The zero-order valence-electron chi connectivity index (χ0n) is 25.6. The predicted octanol–water partition coefficient (Wildman–Crippen LogP) is 6.24. The first-order chi connectivity index (χ1) is 21.0. The number of halogens is 2. The zero-order valence-corrected chi connectivity index (χ0v) is 27.9. The first kappa shape index (κ1) is 35.0. The Morgan fingerprint density at radius 2 is 1.64 bits per heavy atom. The van der Waals surface area contributed by atoms with Crippen LogP contribution in [0.4, 0.5) is 5.69 Å². The molecule has 0 spiro atoms. The van der Waals surface area contributed by atoms with Crippen molar-refractivity contribution in [2.75, 3.05) is 31.6 Å². The Bertz CT molecular complexity index is 1550. The fraction of sp³-hybridized carbons (Fsp3) is 0.375. The summed E-state index contributed by atoms with van der Waals surface area (Å²) in [6, 6.07) is 15.1. The molecule has 2 amide bonds. The highest BCUT2D eigenvalue weighted by Gasteiger charge is 2.35. The van der Waals surface area contributed by atoms with Gasteiger partial charge in [0.15, 0.2) is 0 Å². The Labute approximate surface area is 270 Å². The molecule has 1 atom stereocenters. The summed E-state index contributed by atoms with van der Waals surface area (Å²) < 4.78 is 40.3. The van der Waals surface area contributed by atoms with Gasteiger partial charge >= 0.3 is 0 Å². The van der Waals surface area contributed by atoms with Gasteiger partial charge in [0.1, 0.15) is 24.1 Å². The highest BCUT2D eigenvalue weighted by Crippen LogP contribution is 2.36. The number of carbonyl (C=O) groups is 2. The lowest BCUT2D eigenvalue weighted by molar-refractivity contribution is -0.140. The van der Waals surface area contributed by atoms with Crippen molar-refractivity contribution < 1.29 is 27.5 Å². The van der Waals surface area contributed by atoms with Gasteiger partial charge in [0.2, 0.25) is 11.8 Å². The second-order valence-corrected chi connectivity index (χ2v) is 12.9. The average molecular weight is 665 g/mol. The summed E-state index contributed by atoms with van der Waals surface area (Å²) in [6.45, 7) is 5.48. The molecule has 0 aliphatic carbocycles. The molecule has 0 bridgehead atoms. The molecule has 0 unspecified atom stereocenters. The van der Waals surface area contributed by atoms with Crippen LogP contribution in [0.5, 0.6) is 11.5 Å². The number of amides is 2. The van der Waals surface area contributed by atoms with Crippen molar-refractivity contribution in [1.82, 2.24) is 10.2 Å². The topological polar surface area (TPSA) is 105 Å². The normalized spacial score (nSPS) is 11.9. The molecule has 3 aromatic rings. The summed E-state index contributed by atoms with van der Waals surface area (Å²) >= 11 is 12.4. The molecule has 44 heavy (non-hydrogen) atoms. The van der Waals surface area contributed by atoms with E-state index in [1.165, 1.54) is 37.3 Å². The number of sulfonamides is 1. The van der Waals surface area contributed by atoms with E-state index in [1.807, 2.05) is 13.8 Å². The molecular formula is C32H39Cl2N3O6S. The number of benzene rings is 3. The van der Waals surface area contributed by atoms with Crippen LogP contribution in [-0.4, -0.2) is 58.5 Å². The Kier molecular flexibility index (Phi) is 12.7. The second-order valence-electron chi connectivity index (χ2n) is 10.2. The van der Waals surface area contributed by atoms with Crippen molar-refractivity contribution in [1.29, 1.82) is 0 Å². The smallest absolute Gasteiger partial charge is 0.264 e. The highest BCUT2D eigenvalue weighted by molar-refractivity contribution is 7.92. The molecule has 0 saturated heterocycles. The molecule has 0 heterocycles. The van der Waals surface area contributed by atoms with Crippen molar-refractivity contribution >= 4 is 50.7 Å². The third-order valence-corrected chi connectivity index (χ3v) is 9.61. The zero-order chi connectivity index (χ0) is 32.4. The number of unbranched alkanes of at least 4 members (excludes halogenated alkanes) is 1. The van der Waals surface area contributed by atoms with Crippen LogP contribution >= 0.6 is 23.2 Å². The molecule has 0 aliphatic heterocycles. The van der Waals surface area contributed by atoms with E-state index in [-0.39, 0.29) is 35.2 Å². The highest BCUT2D eigenvalue weighted by atomic mass is 35.5. The molecule has 0 aliphatic rings. The second kappa shape index (κ2) is 16.0. The van der Waals surface area contributed by atoms with Crippen LogP contribution in [0.1, 0.15) is 44.2 Å². The van der Waals surface area contributed by atoms with E-state index in [2.05, 4.69) is 5.32 Å². The minimum absolute atomic E-state index is 0.0108. The van der Waals surface area contributed by atoms with Crippen LogP contribution in [0, 0.1) is 6.92 Å². The summed E-state index contributed by atoms with van der Waals surface area (Å²) in [5.41, 5.74) is 1.60. The fourth-order valence-corrected chi connectivity index (χ4v) is 6.34. The Morgan fingerprint density at radius 1 is 0.932 bits per heavy atom. The van der Waals surface area contributed by atoms with Crippen molar-refractivity contribution in [3.05, 3.63) is 81.8 Å². The van der Waals surface area contributed by atoms with Gasteiger partial charge in [-0.05, 0) is 61.7 Å². The van der Waals surface area contributed by atoms with E-state index in [4.69, 9.17) is 32.7 Å². The van der Waals surface area contributed by atoms with E-state index < -0.39 is 28.5 Å². The number of carbonyl (C=O) groups excluding carboxylic acids is 2. The van der Waals surface area contributed by atoms with Crippen LogP contribution in [0.25, 0.3) is 0 Å².